The van der Waals surface area contributed by atoms with Gasteiger partial charge in [-0.05, 0) is 35.3 Å². The molecule has 0 saturated carbocycles. The summed E-state index contributed by atoms with van der Waals surface area (Å²) >= 11 is 2.43. The maximum Gasteiger partial charge on any atom is 0.435 e. The molecule has 0 amide bonds. The standard InChI is InChI=1S/C11H7F3N6S2/c12-11(13,14)7-3-4-8(17-16-7)22-10-19-18-9(20(10)15)6-2-1-5-21-6/h1-5H,15H2. The molecule has 0 fully saturated rings. The van der Waals surface area contributed by atoms with Crippen LogP contribution in [0.5, 0.6) is 0 Å². The monoisotopic (exact) mass is 344 g/mol. The Morgan fingerprint density at radius 1 is 1.09 bits per heavy atom. The van der Waals surface area contributed by atoms with Crippen LogP contribution in [0.1, 0.15) is 5.69 Å². The zero-order valence-corrected chi connectivity index (χ0v) is 12.3. The second-order valence-corrected chi connectivity index (χ2v) is 5.95. The lowest BCUT2D eigenvalue weighted by molar-refractivity contribution is -0.141. The van der Waals surface area contributed by atoms with E-state index in [1.165, 1.54) is 22.1 Å². The molecule has 22 heavy (non-hydrogen) atoms. The van der Waals surface area contributed by atoms with Gasteiger partial charge in [0.15, 0.2) is 11.5 Å². The normalized spacial score (nSPS) is 11.8. The van der Waals surface area contributed by atoms with Gasteiger partial charge in [0, 0.05) is 0 Å². The molecule has 114 valence electrons. The van der Waals surface area contributed by atoms with E-state index in [-0.39, 0.29) is 5.03 Å². The molecule has 0 aliphatic rings. The van der Waals surface area contributed by atoms with Crippen molar-refractivity contribution in [3.63, 3.8) is 0 Å². The molecular weight excluding hydrogens is 337 g/mol. The summed E-state index contributed by atoms with van der Waals surface area (Å²) in [5, 5.41) is 16.9. The third kappa shape index (κ3) is 2.90. The average molecular weight is 344 g/mol. The van der Waals surface area contributed by atoms with E-state index in [1.807, 2.05) is 17.5 Å². The summed E-state index contributed by atoms with van der Waals surface area (Å²) in [4.78, 5) is 0.834. The predicted molar refractivity (Wildman–Crippen MR) is 74.6 cm³/mol. The number of rotatable bonds is 3. The quantitative estimate of drug-likeness (QED) is 0.736. The van der Waals surface area contributed by atoms with Crippen molar-refractivity contribution in [2.24, 2.45) is 0 Å². The Bertz CT molecular complexity index is 766. The van der Waals surface area contributed by atoms with Crippen LogP contribution < -0.4 is 5.84 Å². The Labute approximate surface area is 130 Å². The summed E-state index contributed by atoms with van der Waals surface area (Å²) in [6, 6.07) is 5.75. The van der Waals surface area contributed by atoms with Crippen LogP contribution >= 0.6 is 23.1 Å². The number of hydrogen-bond donors (Lipinski definition) is 1. The SMILES string of the molecule is Nn1c(Sc2ccc(C(F)(F)F)nn2)nnc1-c1cccs1. The molecule has 11 heteroatoms. The summed E-state index contributed by atoms with van der Waals surface area (Å²) in [6.45, 7) is 0. The van der Waals surface area contributed by atoms with Gasteiger partial charge in [-0.25, -0.2) is 4.68 Å². The van der Waals surface area contributed by atoms with Gasteiger partial charge in [-0.2, -0.15) is 13.2 Å². The van der Waals surface area contributed by atoms with Crippen LogP contribution in [-0.2, 0) is 6.18 Å². The van der Waals surface area contributed by atoms with Gasteiger partial charge in [0.05, 0.1) is 4.88 Å². The van der Waals surface area contributed by atoms with Crippen LogP contribution in [-0.4, -0.2) is 25.1 Å². The number of thiophene rings is 1. The molecule has 0 spiro atoms. The van der Waals surface area contributed by atoms with Crippen molar-refractivity contribution >= 4 is 23.1 Å². The molecule has 2 N–H and O–H groups in total. The van der Waals surface area contributed by atoms with Crippen LogP contribution in [0.2, 0.25) is 0 Å². The first-order chi connectivity index (χ1) is 10.4. The summed E-state index contributed by atoms with van der Waals surface area (Å²) in [6.07, 6.45) is -4.52. The number of alkyl halides is 3. The van der Waals surface area contributed by atoms with Crippen LogP contribution in [0.15, 0.2) is 39.8 Å². The van der Waals surface area contributed by atoms with E-state index in [1.54, 1.807) is 0 Å². The molecular formula is C11H7F3N6S2. The molecule has 0 bridgehead atoms. The van der Waals surface area contributed by atoms with Gasteiger partial charge in [0.25, 0.3) is 0 Å². The van der Waals surface area contributed by atoms with Gasteiger partial charge >= 0.3 is 6.18 Å². The summed E-state index contributed by atoms with van der Waals surface area (Å²) in [7, 11) is 0. The zero-order valence-electron chi connectivity index (χ0n) is 10.7. The van der Waals surface area contributed by atoms with E-state index in [0.717, 1.165) is 22.7 Å². The van der Waals surface area contributed by atoms with Crippen LogP contribution in [0.25, 0.3) is 10.7 Å². The largest absolute Gasteiger partial charge is 0.435 e. The average Bonchev–Trinajstić information content (AvgIpc) is 3.09. The summed E-state index contributed by atoms with van der Waals surface area (Å²) < 4.78 is 38.5. The predicted octanol–water partition coefficient (Wildman–Crippen LogP) is 2.68. The Morgan fingerprint density at radius 3 is 2.50 bits per heavy atom. The van der Waals surface area contributed by atoms with Crippen LogP contribution in [0, 0.1) is 0 Å². The van der Waals surface area contributed by atoms with Crippen molar-refractivity contribution in [3.8, 4) is 10.7 Å². The molecule has 0 unspecified atom stereocenters. The fraction of sp³-hybridized carbons (Fsp3) is 0.0909. The van der Waals surface area contributed by atoms with E-state index in [2.05, 4.69) is 20.4 Å². The summed E-state index contributed by atoms with van der Waals surface area (Å²) in [5.74, 6) is 6.36. The molecule has 0 atom stereocenters. The van der Waals surface area contributed by atoms with E-state index >= 15 is 0 Å². The highest BCUT2D eigenvalue weighted by atomic mass is 32.2. The van der Waals surface area contributed by atoms with Gasteiger partial charge in [-0.15, -0.1) is 31.7 Å². The molecule has 0 aliphatic carbocycles. The first-order valence-electron chi connectivity index (χ1n) is 5.78. The summed E-state index contributed by atoms with van der Waals surface area (Å²) in [5.41, 5.74) is -1.05. The minimum atomic E-state index is -4.52. The number of nitrogens with zero attached hydrogens (tertiary/aromatic N) is 5. The van der Waals surface area contributed by atoms with Crippen LogP contribution in [0.3, 0.4) is 0 Å². The minimum Gasteiger partial charge on any atom is -0.335 e. The number of hydrogen-bond acceptors (Lipinski definition) is 7. The van der Waals surface area contributed by atoms with Gasteiger partial charge in [0.2, 0.25) is 5.16 Å². The molecule has 6 nitrogen and oxygen atoms in total. The van der Waals surface area contributed by atoms with Crippen molar-refractivity contribution in [1.29, 1.82) is 0 Å². The van der Waals surface area contributed by atoms with Gasteiger partial charge in [-0.3, -0.25) is 0 Å². The lowest BCUT2D eigenvalue weighted by Gasteiger charge is -2.05. The molecule has 3 rings (SSSR count). The van der Waals surface area contributed by atoms with E-state index in [4.69, 9.17) is 5.84 Å². The number of nitrogen functional groups attached to an aromatic ring is 1. The van der Waals surface area contributed by atoms with Crippen molar-refractivity contribution in [1.82, 2.24) is 25.1 Å². The Hall–Kier alpha value is -2.14. The van der Waals surface area contributed by atoms with Crippen molar-refractivity contribution in [2.45, 2.75) is 16.4 Å². The molecule has 3 aromatic rings. The maximum absolute atomic E-state index is 12.4. The van der Waals surface area contributed by atoms with E-state index < -0.39 is 11.9 Å². The van der Waals surface area contributed by atoms with Gasteiger partial charge in [-0.1, -0.05) is 6.07 Å². The van der Waals surface area contributed by atoms with Crippen LogP contribution in [0.4, 0.5) is 13.2 Å². The maximum atomic E-state index is 12.4. The highest BCUT2D eigenvalue weighted by Crippen LogP contribution is 2.30. The Morgan fingerprint density at radius 2 is 1.91 bits per heavy atom. The first kappa shape index (κ1) is 14.8. The fourth-order valence-electron chi connectivity index (χ4n) is 1.54. The highest BCUT2D eigenvalue weighted by Gasteiger charge is 2.33. The minimum absolute atomic E-state index is 0.241. The topological polar surface area (TPSA) is 82.5 Å². The van der Waals surface area contributed by atoms with Gasteiger partial charge < -0.3 is 5.84 Å². The van der Waals surface area contributed by atoms with Crippen molar-refractivity contribution < 1.29 is 13.2 Å². The molecule has 0 aliphatic heterocycles. The highest BCUT2D eigenvalue weighted by molar-refractivity contribution is 7.99. The lowest BCUT2D eigenvalue weighted by Crippen LogP contribution is -2.11. The zero-order chi connectivity index (χ0) is 15.7. The molecule has 0 aromatic carbocycles. The smallest absolute Gasteiger partial charge is 0.335 e. The molecule has 3 aromatic heterocycles. The van der Waals surface area contributed by atoms with E-state index in [9.17, 15) is 13.2 Å². The second kappa shape index (κ2) is 5.57. The van der Waals surface area contributed by atoms with Crippen molar-refractivity contribution in [3.05, 3.63) is 35.3 Å². The number of halogens is 3. The third-order valence-corrected chi connectivity index (χ3v) is 4.29. The number of aromatic nitrogens is 5. The fourth-order valence-corrected chi connectivity index (χ4v) is 2.92. The number of nitrogens with two attached hydrogens (primary N) is 1. The molecule has 3 heterocycles. The molecule has 0 radical (unpaired) electrons. The van der Waals surface area contributed by atoms with Gasteiger partial charge in [0.1, 0.15) is 5.03 Å². The molecule has 0 saturated heterocycles. The lowest BCUT2D eigenvalue weighted by atomic mass is 10.4. The van der Waals surface area contributed by atoms with Crippen molar-refractivity contribution in [2.75, 3.05) is 5.84 Å². The van der Waals surface area contributed by atoms with E-state index in [0.29, 0.717) is 11.0 Å². The first-order valence-corrected chi connectivity index (χ1v) is 7.48. The second-order valence-electron chi connectivity index (χ2n) is 4.01. The Balaban J connectivity index is 1.82. The third-order valence-electron chi connectivity index (χ3n) is 2.53. The Kier molecular flexibility index (Phi) is 3.74.